The molecule has 10 heteroatoms. The number of nitrogens with one attached hydrogen (secondary N) is 1. The Morgan fingerprint density at radius 2 is 1.68 bits per heavy atom. The van der Waals surface area contributed by atoms with Gasteiger partial charge in [0.25, 0.3) is 5.91 Å². The first kappa shape index (κ1) is 23.6. The van der Waals surface area contributed by atoms with Gasteiger partial charge in [-0.3, -0.25) is 4.79 Å². The average Bonchev–Trinajstić information content (AvgIpc) is 2.84. The highest BCUT2D eigenvalue weighted by molar-refractivity contribution is 5.96. The van der Waals surface area contributed by atoms with E-state index in [1.54, 1.807) is 34.1 Å². The lowest BCUT2D eigenvalue weighted by molar-refractivity contribution is -0.137. The van der Waals surface area contributed by atoms with Crippen LogP contribution in [0.2, 0.25) is 0 Å². The SMILES string of the molecule is N#Cc1ccccc1C(=O)N1CCC2(CC1)CN(C(=O)Nc1ccc(C(F)(F)F)cc1)CCO2. The Morgan fingerprint density at radius 1 is 1.00 bits per heavy atom. The van der Waals surface area contributed by atoms with Crippen molar-refractivity contribution in [3.63, 3.8) is 0 Å². The summed E-state index contributed by atoms with van der Waals surface area (Å²) in [4.78, 5) is 28.9. The van der Waals surface area contributed by atoms with Gasteiger partial charge in [0.15, 0.2) is 0 Å². The van der Waals surface area contributed by atoms with Gasteiger partial charge in [-0.2, -0.15) is 18.4 Å². The molecule has 0 atom stereocenters. The minimum absolute atomic E-state index is 0.209. The van der Waals surface area contributed by atoms with Crippen molar-refractivity contribution in [1.82, 2.24) is 9.80 Å². The summed E-state index contributed by atoms with van der Waals surface area (Å²) in [5.74, 6) is -0.209. The number of hydrogen-bond donors (Lipinski definition) is 1. The maximum absolute atomic E-state index is 12.9. The summed E-state index contributed by atoms with van der Waals surface area (Å²) in [6.07, 6.45) is -3.39. The van der Waals surface area contributed by atoms with Crippen LogP contribution in [0.5, 0.6) is 0 Å². The molecule has 3 amide bonds. The highest BCUT2D eigenvalue weighted by atomic mass is 19.4. The van der Waals surface area contributed by atoms with Gasteiger partial charge in [-0.05, 0) is 49.2 Å². The van der Waals surface area contributed by atoms with E-state index in [2.05, 4.69) is 5.32 Å². The van der Waals surface area contributed by atoms with Crippen molar-refractivity contribution in [2.24, 2.45) is 0 Å². The zero-order valence-corrected chi connectivity index (χ0v) is 18.3. The number of piperidine rings is 1. The summed E-state index contributed by atoms with van der Waals surface area (Å²) in [5, 5.41) is 11.9. The second-order valence-corrected chi connectivity index (χ2v) is 8.41. The van der Waals surface area contributed by atoms with Gasteiger partial charge in [0.05, 0.1) is 41.5 Å². The predicted molar refractivity (Wildman–Crippen MR) is 117 cm³/mol. The van der Waals surface area contributed by atoms with Crippen molar-refractivity contribution in [2.75, 3.05) is 38.1 Å². The quantitative estimate of drug-likeness (QED) is 0.713. The van der Waals surface area contributed by atoms with Gasteiger partial charge >= 0.3 is 12.2 Å². The fraction of sp³-hybridized carbons (Fsp3) is 0.375. The molecule has 0 unspecified atom stereocenters. The van der Waals surface area contributed by atoms with Gasteiger partial charge in [-0.1, -0.05) is 12.1 Å². The predicted octanol–water partition coefficient (Wildman–Crippen LogP) is 4.12. The van der Waals surface area contributed by atoms with Crippen molar-refractivity contribution in [3.8, 4) is 6.07 Å². The number of hydrogen-bond acceptors (Lipinski definition) is 4. The Bertz CT molecular complexity index is 1100. The number of amides is 3. The Hall–Kier alpha value is -3.58. The van der Waals surface area contributed by atoms with E-state index >= 15 is 0 Å². The Labute approximate surface area is 194 Å². The van der Waals surface area contributed by atoms with Crippen LogP contribution in [0.1, 0.15) is 34.3 Å². The molecule has 1 N–H and O–H groups in total. The van der Waals surface area contributed by atoms with Crippen molar-refractivity contribution in [1.29, 1.82) is 5.26 Å². The highest BCUT2D eigenvalue weighted by Crippen LogP contribution is 2.32. The molecular formula is C24H23F3N4O3. The van der Waals surface area contributed by atoms with E-state index < -0.39 is 23.4 Å². The standard InChI is InChI=1S/C24H23F3N4O3/c25-24(26,27)18-5-7-19(8-6-18)29-22(33)31-13-14-34-23(16-31)9-11-30(12-10-23)21(32)20-4-2-1-3-17(20)15-28/h1-8H,9-14,16H2,(H,29,33). The van der Waals surface area contributed by atoms with E-state index in [1.165, 1.54) is 12.1 Å². The lowest BCUT2D eigenvalue weighted by atomic mass is 9.89. The first-order valence-electron chi connectivity index (χ1n) is 10.9. The number of rotatable bonds is 2. The molecule has 2 aliphatic heterocycles. The van der Waals surface area contributed by atoms with E-state index in [4.69, 9.17) is 4.74 Å². The van der Waals surface area contributed by atoms with Crippen LogP contribution >= 0.6 is 0 Å². The Morgan fingerprint density at radius 3 is 2.32 bits per heavy atom. The molecule has 178 valence electrons. The lowest BCUT2D eigenvalue weighted by Gasteiger charge is -2.47. The summed E-state index contributed by atoms with van der Waals surface area (Å²) < 4.78 is 44.2. The van der Waals surface area contributed by atoms with E-state index in [9.17, 15) is 28.0 Å². The zero-order valence-electron chi connectivity index (χ0n) is 18.3. The molecule has 2 fully saturated rings. The van der Waals surface area contributed by atoms with Crippen LogP contribution in [0.3, 0.4) is 0 Å². The van der Waals surface area contributed by atoms with E-state index in [-0.39, 0.29) is 11.6 Å². The number of carbonyl (C=O) groups is 2. The van der Waals surface area contributed by atoms with E-state index in [0.717, 1.165) is 12.1 Å². The fourth-order valence-electron chi connectivity index (χ4n) is 4.32. The number of ether oxygens (including phenoxy) is 1. The third kappa shape index (κ3) is 4.99. The molecule has 0 radical (unpaired) electrons. The monoisotopic (exact) mass is 472 g/mol. The van der Waals surface area contributed by atoms with Crippen LogP contribution in [0, 0.1) is 11.3 Å². The largest absolute Gasteiger partial charge is 0.416 e. The molecule has 2 heterocycles. The maximum Gasteiger partial charge on any atom is 0.416 e. The van der Waals surface area contributed by atoms with Gasteiger partial charge in [-0.15, -0.1) is 0 Å². The number of halogens is 3. The molecule has 7 nitrogen and oxygen atoms in total. The number of likely N-dealkylation sites (tertiary alicyclic amines) is 1. The van der Waals surface area contributed by atoms with Crippen LogP contribution in [0.15, 0.2) is 48.5 Å². The molecule has 2 aromatic rings. The number of benzene rings is 2. The smallest absolute Gasteiger partial charge is 0.371 e. The molecule has 2 aromatic carbocycles. The summed E-state index contributed by atoms with van der Waals surface area (Å²) >= 11 is 0. The molecular weight excluding hydrogens is 449 g/mol. The second-order valence-electron chi connectivity index (χ2n) is 8.41. The molecule has 2 saturated heterocycles. The third-order valence-electron chi connectivity index (χ3n) is 6.24. The van der Waals surface area contributed by atoms with Gasteiger partial charge in [-0.25, -0.2) is 4.79 Å². The number of alkyl halides is 3. The lowest BCUT2D eigenvalue weighted by Crippen LogP contribution is -2.59. The molecule has 0 saturated carbocycles. The molecule has 0 aliphatic carbocycles. The Balaban J connectivity index is 1.36. The van der Waals surface area contributed by atoms with Crippen molar-refractivity contribution in [2.45, 2.75) is 24.6 Å². The number of anilines is 1. The molecule has 1 spiro atoms. The topological polar surface area (TPSA) is 85.7 Å². The zero-order chi connectivity index (χ0) is 24.3. The molecule has 2 aliphatic rings. The third-order valence-corrected chi connectivity index (χ3v) is 6.24. The summed E-state index contributed by atoms with van der Waals surface area (Å²) in [5.41, 5.74) is -0.415. The summed E-state index contributed by atoms with van der Waals surface area (Å²) in [7, 11) is 0. The highest BCUT2D eigenvalue weighted by Gasteiger charge is 2.42. The van der Waals surface area contributed by atoms with Crippen molar-refractivity contribution >= 4 is 17.6 Å². The van der Waals surface area contributed by atoms with Crippen molar-refractivity contribution < 1.29 is 27.5 Å². The van der Waals surface area contributed by atoms with Gasteiger partial charge in [0.1, 0.15) is 0 Å². The minimum Gasteiger partial charge on any atom is -0.371 e. The average molecular weight is 472 g/mol. The number of carbonyl (C=O) groups excluding carboxylic acids is 2. The second kappa shape index (κ2) is 9.35. The van der Waals surface area contributed by atoms with Crippen LogP contribution in [-0.2, 0) is 10.9 Å². The van der Waals surface area contributed by atoms with E-state index in [0.29, 0.717) is 56.8 Å². The van der Waals surface area contributed by atoms with Crippen LogP contribution in [-0.4, -0.2) is 60.1 Å². The summed E-state index contributed by atoms with van der Waals surface area (Å²) in [6, 6.07) is 12.6. The molecule has 0 aromatic heterocycles. The first-order chi connectivity index (χ1) is 16.2. The van der Waals surface area contributed by atoms with Crippen molar-refractivity contribution in [3.05, 3.63) is 65.2 Å². The maximum atomic E-state index is 12.9. The Kier molecular flexibility index (Phi) is 6.48. The molecule has 4 rings (SSSR count). The van der Waals surface area contributed by atoms with Crippen LogP contribution in [0.25, 0.3) is 0 Å². The first-order valence-corrected chi connectivity index (χ1v) is 10.9. The van der Waals surface area contributed by atoms with Gasteiger partial charge in [0, 0.05) is 25.3 Å². The number of morpholine rings is 1. The van der Waals surface area contributed by atoms with Gasteiger partial charge < -0.3 is 19.9 Å². The van der Waals surface area contributed by atoms with Crippen LogP contribution in [0.4, 0.5) is 23.7 Å². The summed E-state index contributed by atoms with van der Waals surface area (Å²) in [6.45, 7) is 1.84. The minimum atomic E-state index is -4.44. The normalized spacial score (nSPS) is 17.8. The fourth-order valence-corrected chi connectivity index (χ4v) is 4.32. The molecule has 34 heavy (non-hydrogen) atoms. The number of nitriles is 1. The van der Waals surface area contributed by atoms with E-state index in [1.807, 2.05) is 6.07 Å². The number of urea groups is 1. The van der Waals surface area contributed by atoms with Crippen LogP contribution < -0.4 is 5.32 Å². The number of nitrogens with zero attached hydrogens (tertiary/aromatic N) is 3. The van der Waals surface area contributed by atoms with Gasteiger partial charge in [0.2, 0.25) is 0 Å². The molecule has 0 bridgehead atoms.